The number of hydrogen-bond donors (Lipinski definition) is 2. The summed E-state index contributed by atoms with van der Waals surface area (Å²) in [6.45, 7) is 0. The molecule has 0 spiro atoms. The van der Waals surface area contributed by atoms with Crippen LogP contribution in [0.3, 0.4) is 0 Å². The lowest BCUT2D eigenvalue weighted by molar-refractivity contribution is -0.110. The van der Waals surface area contributed by atoms with E-state index in [9.17, 15) is 0 Å². The van der Waals surface area contributed by atoms with Gasteiger partial charge in [-0.15, -0.1) is 0 Å². The predicted molar refractivity (Wildman–Crippen MR) is 66.4 cm³/mol. The Bertz CT molecular complexity index is 488. The summed E-state index contributed by atoms with van der Waals surface area (Å²) in [6, 6.07) is 14.6. The number of nitrogens with two attached hydrogens (primary N) is 2. The summed E-state index contributed by atoms with van der Waals surface area (Å²) in [6.07, 6.45) is 0. The fourth-order valence-corrected chi connectivity index (χ4v) is 2.15. The highest BCUT2D eigenvalue weighted by Crippen LogP contribution is 2.21. The predicted octanol–water partition coefficient (Wildman–Crippen LogP) is 1.15. The Labute approximate surface area is 93.0 Å². The van der Waals surface area contributed by atoms with Crippen LogP contribution in [0.4, 0.5) is 0 Å². The Morgan fingerprint density at radius 3 is 2.67 bits per heavy atom. The van der Waals surface area contributed by atoms with Crippen LogP contribution in [0.5, 0.6) is 0 Å². The molecule has 0 unspecified atom stereocenters. The van der Waals surface area contributed by atoms with Gasteiger partial charge in [0.15, 0.2) is 0 Å². The molecule has 0 saturated carbocycles. The number of benzene rings is 2. The first-order chi connectivity index (χ1) is 7.27. The summed E-state index contributed by atoms with van der Waals surface area (Å²) in [5.41, 5.74) is 6.71. The van der Waals surface area contributed by atoms with Gasteiger partial charge >= 0.3 is 0 Å². The highest BCUT2D eigenvalue weighted by Gasteiger charge is 2.02. The molecule has 0 aromatic heterocycles. The average Bonchev–Trinajstić information content (AvgIpc) is 2.26. The highest BCUT2D eigenvalue weighted by atomic mass is 32.2. The molecule has 2 nitrogen and oxygen atoms in total. The minimum absolute atomic E-state index is 0.419. The average molecular weight is 217 g/mol. The van der Waals surface area contributed by atoms with E-state index in [1.165, 1.54) is 28.1 Å². The van der Waals surface area contributed by atoms with Gasteiger partial charge < -0.3 is 0 Å². The van der Waals surface area contributed by atoms with Gasteiger partial charge in [0.05, 0.1) is 0 Å². The molecule has 0 bridgehead atoms. The lowest BCUT2D eigenvalue weighted by atomic mass is 10.1. The molecule has 0 aliphatic rings. The zero-order valence-electron chi connectivity index (χ0n) is 8.31. The molecule has 4 N–H and O–H groups in total. The summed E-state index contributed by atoms with van der Waals surface area (Å²) in [5.74, 6) is 0.823. The normalized spacial score (nSPS) is 10.4. The van der Waals surface area contributed by atoms with Crippen molar-refractivity contribution < 1.29 is 5.41 Å². The van der Waals surface area contributed by atoms with Gasteiger partial charge in [0.25, 0.3) is 5.17 Å². The van der Waals surface area contributed by atoms with Crippen molar-refractivity contribution >= 4 is 27.7 Å². The Morgan fingerprint density at radius 2 is 1.87 bits per heavy atom. The van der Waals surface area contributed by atoms with E-state index in [4.69, 9.17) is 11.1 Å². The lowest BCUT2D eigenvalue weighted by Gasteiger charge is -2.03. The standard InChI is InChI=1S/C12H12N2S/c13-12(14)15-8-10-6-3-5-9-4-1-2-7-11(9)10/h1-7H,8H2,(H3,13,14)/p+1. The molecule has 0 amide bonds. The molecule has 15 heavy (non-hydrogen) atoms. The second kappa shape index (κ2) is 4.36. The summed E-state index contributed by atoms with van der Waals surface area (Å²) in [7, 11) is 0. The van der Waals surface area contributed by atoms with Gasteiger partial charge in [0, 0.05) is 5.75 Å². The van der Waals surface area contributed by atoms with Gasteiger partial charge in [-0.05, 0) is 28.1 Å². The zero-order chi connectivity index (χ0) is 10.7. The Hall–Kier alpha value is -1.48. The van der Waals surface area contributed by atoms with Gasteiger partial charge in [-0.2, -0.15) is 0 Å². The molecular formula is C12H13N2S+. The molecule has 0 atom stereocenters. The molecule has 2 aromatic carbocycles. The topological polar surface area (TPSA) is 51.6 Å². The van der Waals surface area contributed by atoms with Crippen molar-refractivity contribution in [3.05, 3.63) is 48.0 Å². The molecule has 76 valence electrons. The van der Waals surface area contributed by atoms with E-state index < -0.39 is 0 Å². The van der Waals surface area contributed by atoms with Crippen molar-refractivity contribution in [3.63, 3.8) is 0 Å². The smallest absolute Gasteiger partial charge is 0.282 e. The third kappa shape index (κ3) is 2.30. The van der Waals surface area contributed by atoms with Crippen molar-refractivity contribution in [2.45, 2.75) is 5.75 Å². The maximum absolute atomic E-state index is 5.44. The lowest BCUT2D eigenvalue weighted by Crippen LogP contribution is -2.43. The fourth-order valence-electron chi connectivity index (χ4n) is 1.58. The van der Waals surface area contributed by atoms with E-state index in [-0.39, 0.29) is 0 Å². The van der Waals surface area contributed by atoms with E-state index >= 15 is 0 Å². The van der Waals surface area contributed by atoms with Gasteiger partial charge in [0.1, 0.15) is 0 Å². The van der Waals surface area contributed by atoms with E-state index in [0.29, 0.717) is 5.17 Å². The summed E-state index contributed by atoms with van der Waals surface area (Å²) >= 11 is 1.47. The minimum atomic E-state index is 0.419. The molecule has 0 saturated heterocycles. The second-order valence-electron chi connectivity index (χ2n) is 3.33. The first-order valence-corrected chi connectivity index (χ1v) is 5.73. The van der Waals surface area contributed by atoms with Crippen LogP contribution in [0.2, 0.25) is 0 Å². The van der Waals surface area contributed by atoms with Crippen molar-refractivity contribution in [2.75, 3.05) is 0 Å². The van der Waals surface area contributed by atoms with Crippen molar-refractivity contribution in [1.29, 1.82) is 0 Å². The van der Waals surface area contributed by atoms with Crippen molar-refractivity contribution in [1.82, 2.24) is 0 Å². The molecule has 0 heterocycles. The van der Waals surface area contributed by atoms with Crippen LogP contribution in [0.25, 0.3) is 10.8 Å². The zero-order valence-corrected chi connectivity index (χ0v) is 9.13. The Morgan fingerprint density at radius 1 is 1.13 bits per heavy atom. The van der Waals surface area contributed by atoms with Crippen molar-refractivity contribution in [2.24, 2.45) is 5.73 Å². The molecule has 0 aliphatic carbocycles. The van der Waals surface area contributed by atoms with Gasteiger partial charge in [0.2, 0.25) is 0 Å². The molecule has 2 aromatic rings. The minimum Gasteiger partial charge on any atom is -0.282 e. The van der Waals surface area contributed by atoms with Crippen LogP contribution >= 0.6 is 11.8 Å². The van der Waals surface area contributed by atoms with Crippen molar-refractivity contribution in [3.8, 4) is 0 Å². The Kier molecular flexibility index (Phi) is 2.92. The number of hydrogen-bond acceptors (Lipinski definition) is 1. The molecule has 0 aliphatic heterocycles. The van der Waals surface area contributed by atoms with Gasteiger partial charge in [-0.3, -0.25) is 11.1 Å². The number of amidine groups is 1. The fraction of sp³-hybridized carbons (Fsp3) is 0.0833. The quantitative estimate of drug-likeness (QED) is 0.585. The molecule has 3 heteroatoms. The van der Waals surface area contributed by atoms with Gasteiger partial charge in [-0.25, -0.2) is 0 Å². The number of fused-ring (bicyclic) bond motifs is 1. The van der Waals surface area contributed by atoms with E-state index in [1.54, 1.807) is 0 Å². The number of rotatable bonds is 2. The summed E-state index contributed by atoms with van der Waals surface area (Å²) in [5, 5.41) is 8.39. The SMILES string of the molecule is NC(=[NH2+])SCc1cccc2ccccc12. The summed E-state index contributed by atoms with van der Waals surface area (Å²) in [4.78, 5) is 0. The molecular weight excluding hydrogens is 204 g/mol. The van der Waals surface area contributed by atoms with E-state index in [0.717, 1.165) is 5.75 Å². The second-order valence-corrected chi connectivity index (χ2v) is 4.38. The van der Waals surface area contributed by atoms with Crippen LogP contribution in [0.1, 0.15) is 5.56 Å². The maximum Gasteiger partial charge on any atom is 0.300 e. The summed E-state index contributed by atoms with van der Waals surface area (Å²) < 4.78 is 0. The van der Waals surface area contributed by atoms with Crippen LogP contribution in [-0.2, 0) is 5.75 Å². The van der Waals surface area contributed by atoms with Crippen LogP contribution in [-0.4, -0.2) is 5.17 Å². The molecule has 0 radical (unpaired) electrons. The monoisotopic (exact) mass is 217 g/mol. The van der Waals surface area contributed by atoms with E-state index in [2.05, 4.69) is 30.3 Å². The maximum atomic E-state index is 5.44. The van der Waals surface area contributed by atoms with Crippen LogP contribution in [0.15, 0.2) is 42.5 Å². The molecule has 0 fully saturated rings. The van der Waals surface area contributed by atoms with Crippen LogP contribution in [0, 0.1) is 0 Å². The Balaban J connectivity index is 2.38. The largest absolute Gasteiger partial charge is 0.300 e. The highest BCUT2D eigenvalue weighted by molar-refractivity contribution is 8.12. The third-order valence-corrected chi connectivity index (χ3v) is 3.06. The number of thioether (sulfide) groups is 1. The first-order valence-electron chi connectivity index (χ1n) is 4.75. The molecule has 2 rings (SSSR count). The van der Waals surface area contributed by atoms with E-state index in [1.807, 2.05) is 12.1 Å². The van der Waals surface area contributed by atoms with Gasteiger partial charge in [-0.1, -0.05) is 42.5 Å². The third-order valence-electron chi connectivity index (χ3n) is 2.27. The first kappa shape index (κ1) is 10.1. The van der Waals surface area contributed by atoms with Crippen LogP contribution < -0.4 is 11.1 Å².